The predicted octanol–water partition coefficient (Wildman–Crippen LogP) is 1.86. The molecule has 6 heteroatoms. The Morgan fingerprint density at radius 1 is 0.667 bits per heavy atom. The van der Waals surface area contributed by atoms with Gasteiger partial charge in [-0.3, -0.25) is 0 Å². The molecule has 5 nitrogen and oxygen atoms in total. The molecule has 1 aliphatic heterocycles. The third-order valence-corrected chi connectivity index (χ3v) is 5.46. The second-order valence-corrected chi connectivity index (χ2v) is 7.80. The van der Waals surface area contributed by atoms with Gasteiger partial charge in [0.2, 0.25) is 0 Å². The summed E-state index contributed by atoms with van der Waals surface area (Å²) in [7, 11) is 1.63. The van der Waals surface area contributed by atoms with Crippen LogP contribution in [0.4, 0.5) is 0 Å². The largest absolute Gasteiger partial charge is 1.00 e. The number of hydrogen-bond acceptors (Lipinski definition) is 5. The van der Waals surface area contributed by atoms with Gasteiger partial charge in [-0.1, -0.05) is 91.0 Å². The van der Waals surface area contributed by atoms with Crippen molar-refractivity contribution in [1.82, 2.24) is 0 Å². The topological polar surface area (TPSA) is 46.2 Å². The second-order valence-electron chi connectivity index (χ2n) is 7.80. The molecule has 0 saturated carbocycles. The molecule has 3 aromatic rings. The van der Waals surface area contributed by atoms with Gasteiger partial charge in [-0.05, 0) is 16.7 Å². The van der Waals surface area contributed by atoms with E-state index in [1.165, 1.54) is 0 Å². The fraction of sp³-hybridized carbons (Fsp3) is 0.333. The maximum atomic E-state index is 6.33. The van der Waals surface area contributed by atoms with Crippen molar-refractivity contribution >= 4 is 0 Å². The quantitative estimate of drug-likeness (QED) is 0.411. The molecule has 0 aromatic heterocycles. The van der Waals surface area contributed by atoms with E-state index in [0.29, 0.717) is 26.4 Å². The molecule has 170 valence electrons. The molecule has 1 fully saturated rings. The Balaban J connectivity index is 0.00000204. The molecule has 0 N–H and O–H groups in total. The summed E-state index contributed by atoms with van der Waals surface area (Å²) in [5.74, 6) is 0. The third-order valence-electron chi connectivity index (χ3n) is 5.46. The number of hydrogen-bond donors (Lipinski definition) is 0. The van der Waals surface area contributed by atoms with E-state index < -0.39 is 6.29 Å². The minimum Gasteiger partial charge on any atom is -1.00 e. The summed E-state index contributed by atoms with van der Waals surface area (Å²) in [6, 6.07) is 30.3. The Bertz CT molecular complexity index is 916. The molecule has 4 rings (SSSR count). The van der Waals surface area contributed by atoms with Crippen molar-refractivity contribution in [3.63, 3.8) is 0 Å². The van der Waals surface area contributed by atoms with Crippen LogP contribution in [0, 0.1) is 0 Å². The molecule has 0 amide bonds. The van der Waals surface area contributed by atoms with E-state index in [-0.39, 0.29) is 49.3 Å². The first-order valence-electron chi connectivity index (χ1n) is 10.9. The first-order valence-corrected chi connectivity index (χ1v) is 10.9. The van der Waals surface area contributed by atoms with E-state index in [1.54, 1.807) is 7.11 Å². The molecule has 0 aliphatic carbocycles. The van der Waals surface area contributed by atoms with Crippen LogP contribution < -0.4 is 29.6 Å². The van der Waals surface area contributed by atoms with Crippen molar-refractivity contribution in [2.45, 2.75) is 44.4 Å². The van der Waals surface area contributed by atoms with Crippen molar-refractivity contribution in [2.24, 2.45) is 0 Å². The van der Waals surface area contributed by atoms with Crippen LogP contribution in [0.3, 0.4) is 0 Å². The van der Waals surface area contributed by atoms with Crippen LogP contribution in [0.15, 0.2) is 91.0 Å². The summed E-state index contributed by atoms with van der Waals surface area (Å²) in [6.45, 7) is 1.82. The number of rotatable bonds is 11. The van der Waals surface area contributed by atoms with Gasteiger partial charge in [-0.2, -0.15) is 0 Å². The fourth-order valence-corrected chi connectivity index (χ4v) is 3.79. The maximum absolute atomic E-state index is 6.33. The van der Waals surface area contributed by atoms with E-state index in [9.17, 15) is 0 Å². The van der Waals surface area contributed by atoms with Crippen molar-refractivity contribution in [1.29, 1.82) is 0 Å². The van der Waals surface area contributed by atoms with Crippen molar-refractivity contribution in [3.8, 4) is 0 Å². The molecular formula is C27H31NaO5. The number of methoxy groups -OCH3 is 1. The Morgan fingerprint density at radius 2 is 1.12 bits per heavy atom. The van der Waals surface area contributed by atoms with Crippen LogP contribution in [0.1, 0.15) is 18.1 Å². The Morgan fingerprint density at radius 3 is 1.61 bits per heavy atom. The Kier molecular flexibility index (Phi) is 11.1. The average molecular weight is 459 g/mol. The number of ether oxygens (including phenoxy) is 5. The van der Waals surface area contributed by atoms with Gasteiger partial charge in [0.1, 0.15) is 18.3 Å². The molecule has 1 heterocycles. The Labute approximate surface area is 219 Å². The summed E-state index contributed by atoms with van der Waals surface area (Å²) in [5, 5.41) is 0. The first-order chi connectivity index (χ1) is 15.8. The standard InChI is InChI=1S/C27H30O5.Na.H/c1-28-27-26(31-19-23-15-9-4-10-16-23)25(30-18-22-13-7-3-8-14-22)24(32-27)20-29-17-21-11-5-2-6-12-21;;/h2-16,24-27H,17-20H2,1H3;;/q;+1;-1/t24-,25-,26-,27?;;/m1../s1. The summed E-state index contributed by atoms with van der Waals surface area (Å²) in [4.78, 5) is 0. The zero-order valence-electron chi connectivity index (χ0n) is 20.3. The molecule has 3 aromatic carbocycles. The molecule has 0 radical (unpaired) electrons. The van der Waals surface area contributed by atoms with Gasteiger partial charge < -0.3 is 25.1 Å². The van der Waals surface area contributed by atoms with Gasteiger partial charge in [0.15, 0.2) is 6.29 Å². The first kappa shape index (κ1) is 26.1. The monoisotopic (exact) mass is 458 g/mol. The molecule has 1 aliphatic rings. The van der Waals surface area contributed by atoms with Gasteiger partial charge in [0.05, 0.1) is 26.4 Å². The maximum Gasteiger partial charge on any atom is 1.00 e. The van der Waals surface area contributed by atoms with Crippen molar-refractivity contribution in [3.05, 3.63) is 108 Å². The van der Waals surface area contributed by atoms with E-state index in [0.717, 1.165) is 16.7 Å². The minimum absolute atomic E-state index is 0. The molecular weight excluding hydrogens is 427 g/mol. The molecule has 0 bridgehead atoms. The molecule has 1 unspecified atom stereocenters. The second kappa shape index (κ2) is 14.0. The van der Waals surface area contributed by atoms with Gasteiger partial charge in [-0.25, -0.2) is 0 Å². The fourth-order valence-electron chi connectivity index (χ4n) is 3.79. The Hall–Kier alpha value is -1.54. The number of benzene rings is 3. The molecule has 0 spiro atoms. The normalized spacial score (nSPS) is 22.1. The summed E-state index contributed by atoms with van der Waals surface area (Å²) >= 11 is 0. The van der Waals surface area contributed by atoms with Crippen LogP contribution >= 0.6 is 0 Å². The van der Waals surface area contributed by atoms with Crippen LogP contribution in [0.25, 0.3) is 0 Å². The van der Waals surface area contributed by atoms with Gasteiger partial charge in [-0.15, -0.1) is 0 Å². The van der Waals surface area contributed by atoms with Crippen LogP contribution in [0.5, 0.6) is 0 Å². The van der Waals surface area contributed by atoms with Gasteiger partial charge in [0, 0.05) is 7.11 Å². The van der Waals surface area contributed by atoms with Crippen LogP contribution in [0.2, 0.25) is 0 Å². The molecule has 33 heavy (non-hydrogen) atoms. The smallest absolute Gasteiger partial charge is 1.00 e. The SMILES string of the molecule is COC1O[C@H](COCc2ccccc2)[C@@H](OCc2ccccc2)[C@H]1OCc1ccccc1.[H-].[Na+]. The zero-order valence-corrected chi connectivity index (χ0v) is 21.3. The van der Waals surface area contributed by atoms with Gasteiger partial charge >= 0.3 is 29.6 Å². The van der Waals surface area contributed by atoms with Crippen LogP contribution in [-0.4, -0.2) is 38.3 Å². The molecule has 1 saturated heterocycles. The van der Waals surface area contributed by atoms with E-state index in [2.05, 4.69) is 0 Å². The van der Waals surface area contributed by atoms with Crippen molar-refractivity contribution < 1.29 is 54.7 Å². The average Bonchev–Trinajstić information content (AvgIpc) is 3.19. The third kappa shape index (κ3) is 7.74. The minimum atomic E-state index is -0.523. The van der Waals surface area contributed by atoms with E-state index in [4.69, 9.17) is 23.7 Å². The van der Waals surface area contributed by atoms with Crippen LogP contribution in [-0.2, 0) is 43.5 Å². The van der Waals surface area contributed by atoms with E-state index >= 15 is 0 Å². The predicted molar refractivity (Wildman–Crippen MR) is 123 cm³/mol. The summed E-state index contributed by atoms with van der Waals surface area (Å²) in [5.41, 5.74) is 3.31. The molecule has 4 atom stereocenters. The zero-order chi connectivity index (χ0) is 22.0. The summed E-state index contributed by atoms with van der Waals surface area (Å²) < 4.78 is 30.3. The summed E-state index contributed by atoms with van der Waals surface area (Å²) in [6.07, 6.45) is -1.51. The van der Waals surface area contributed by atoms with Crippen molar-refractivity contribution in [2.75, 3.05) is 13.7 Å². The van der Waals surface area contributed by atoms with Gasteiger partial charge in [0.25, 0.3) is 0 Å². The van der Waals surface area contributed by atoms with E-state index in [1.807, 2.05) is 91.0 Å².